The van der Waals surface area contributed by atoms with Gasteiger partial charge in [0.2, 0.25) is 0 Å². The number of aromatic hydroxyl groups is 1. The predicted molar refractivity (Wildman–Crippen MR) is 129 cm³/mol. The van der Waals surface area contributed by atoms with E-state index < -0.39 is 11.7 Å². The highest BCUT2D eigenvalue weighted by molar-refractivity contribution is 8.13. The fourth-order valence-electron chi connectivity index (χ4n) is 3.33. The summed E-state index contributed by atoms with van der Waals surface area (Å²) in [6.45, 7) is 7.26. The van der Waals surface area contributed by atoms with Crippen molar-refractivity contribution in [2.24, 2.45) is 10.9 Å². The molecule has 0 amide bonds. The number of hydrogen-bond donors (Lipinski definition) is 1. The van der Waals surface area contributed by atoms with Gasteiger partial charge < -0.3 is 10.0 Å². The van der Waals surface area contributed by atoms with Gasteiger partial charge in [0, 0.05) is 18.0 Å². The van der Waals surface area contributed by atoms with Gasteiger partial charge in [0.1, 0.15) is 5.75 Å². The number of aryl methyl sites for hydroxylation is 1. The molecule has 0 aromatic heterocycles. The predicted octanol–water partition coefficient (Wildman–Crippen LogP) is 7.66. The Morgan fingerprint density at radius 2 is 1.73 bits per heavy atom. The van der Waals surface area contributed by atoms with Crippen LogP contribution in [0.5, 0.6) is 5.75 Å². The number of amidine groups is 1. The van der Waals surface area contributed by atoms with Gasteiger partial charge >= 0.3 is 6.18 Å². The molecule has 0 aliphatic heterocycles. The van der Waals surface area contributed by atoms with Crippen molar-refractivity contribution in [2.45, 2.75) is 38.4 Å². The van der Waals surface area contributed by atoms with Gasteiger partial charge in [-0.05, 0) is 60.9 Å². The summed E-state index contributed by atoms with van der Waals surface area (Å²) in [7, 11) is 0. The molecule has 0 aliphatic rings. The second kappa shape index (κ2) is 10.8. The minimum absolute atomic E-state index is 0.166. The summed E-state index contributed by atoms with van der Waals surface area (Å²) in [6, 6.07) is 20.0. The van der Waals surface area contributed by atoms with Crippen molar-refractivity contribution in [3.63, 3.8) is 0 Å². The van der Waals surface area contributed by atoms with E-state index in [0.29, 0.717) is 18.3 Å². The number of nitrogens with zero attached hydrogens (tertiary/aromatic N) is 2. The summed E-state index contributed by atoms with van der Waals surface area (Å²) < 4.78 is 39.8. The summed E-state index contributed by atoms with van der Waals surface area (Å²) in [4.78, 5) is 7.67. The molecule has 33 heavy (non-hydrogen) atoms. The van der Waals surface area contributed by atoms with Crippen molar-refractivity contribution in [2.75, 3.05) is 6.54 Å². The smallest absolute Gasteiger partial charge is 0.416 e. The minimum atomic E-state index is -4.44. The zero-order valence-electron chi connectivity index (χ0n) is 18.8. The number of thioether (sulfide) groups is 1. The molecule has 0 atom stereocenters. The molecule has 0 spiro atoms. The van der Waals surface area contributed by atoms with Crippen LogP contribution >= 0.6 is 11.8 Å². The first kappa shape index (κ1) is 24.7. The maximum Gasteiger partial charge on any atom is 0.416 e. The maximum atomic E-state index is 13.3. The van der Waals surface area contributed by atoms with Crippen molar-refractivity contribution in [3.05, 3.63) is 89.5 Å². The van der Waals surface area contributed by atoms with E-state index in [2.05, 4.69) is 18.8 Å². The van der Waals surface area contributed by atoms with Gasteiger partial charge in [-0.3, -0.25) is 0 Å². The number of aliphatic imine (C=N–C) groups is 1. The van der Waals surface area contributed by atoms with E-state index in [-0.39, 0.29) is 17.4 Å². The fourth-order valence-corrected chi connectivity index (χ4v) is 4.35. The third-order valence-corrected chi connectivity index (χ3v) is 5.76. The molecule has 0 aliphatic carbocycles. The molecule has 174 valence electrons. The fraction of sp³-hybridized carbons (Fsp3) is 0.269. The molecule has 0 bridgehead atoms. The third kappa shape index (κ3) is 7.56. The highest BCUT2D eigenvalue weighted by Crippen LogP contribution is 2.33. The average Bonchev–Trinajstić information content (AvgIpc) is 2.72. The summed E-state index contributed by atoms with van der Waals surface area (Å²) in [5, 5.41) is 10.5. The number of phenolic OH excluding ortho intramolecular Hbond substituents is 1. The Balaban J connectivity index is 2.05. The molecule has 0 saturated heterocycles. The Morgan fingerprint density at radius 3 is 2.39 bits per heavy atom. The molecule has 0 saturated carbocycles. The Morgan fingerprint density at radius 1 is 1.00 bits per heavy atom. The molecule has 0 fully saturated rings. The van der Waals surface area contributed by atoms with Crippen molar-refractivity contribution in [3.8, 4) is 5.75 Å². The summed E-state index contributed by atoms with van der Waals surface area (Å²) in [6.07, 6.45) is -4.44. The van der Waals surface area contributed by atoms with Crippen LogP contribution in [0.3, 0.4) is 0 Å². The summed E-state index contributed by atoms with van der Waals surface area (Å²) >= 11 is 1.42. The molecule has 7 heteroatoms. The zero-order valence-corrected chi connectivity index (χ0v) is 19.6. The van der Waals surface area contributed by atoms with Crippen LogP contribution in [0.15, 0.2) is 82.7 Å². The van der Waals surface area contributed by atoms with Crippen molar-refractivity contribution in [1.29, 1.82) is 0 Å². The van der Waals surface area contributed by atoms with Crippen LogP contribution < -0.4 is 0 Å². The van der Waals surface area contributed by atoms with E-state index >= 15 is 0 Å². The van der Waals surface area contributed by atoms with Crippen LogP contribution in [0.25, 0.3) is 0 Å². The van der Waals surface area contributed by atoms with Crippen molar-refractivity contribution < 1.29 is 18.3 Å². The number of benzene rings is 3. The quantitative estimate of drug-likeness (QED) is 0.227. The molecule has 3 nitrogen and oxygen atoms in total. The molecule has 0 unspecified atom stereocenters. The maximum absolute atomic E-state index is 13.3. The largest absolute Gasteiger partial charge is 0.508 e. The Kier molecular flexibility index (Phi) is 8.08. The first-order chi connectivity index (χ1) is 15.6. The lowest BCUT2D eigenvalue weighted by Crippen LogP contribution is -2.32. The van der Waals surface area contributed by atoms with Gasteiger partial charge in [-0.15, -0.1) is 0 Å². The van der Waals surface area contributed by atoms with Crippen LogP contribution in [0.2, 0.25) is 0 Å². The van der Waals surface area contributed by atoms with Crippen molar-refractivity contribution >= 4 is 22.6 Å². The SMILES string of the molecule is Cc1cccc(SC(=Nc2cccc(C(F)(F)F)c2)N(Cc2cccc(O)c2)CC(C)C)c1. The number of phenols is 1. The zero-order chi connectivity index (χ0) is 24.0. The molecule has 1 N–H and O–H groups in total. The lowest BCUT2D eigenvalue weighted by atomic mass is 10.1. The third-order valence-electron chi connectivity index (χ3n) is 4.74. The molecule has 0 heterocycles. The highest BCUT2D eigenvalue weighted by Gasteiger charge is 2.30. The lowest BCUT2D eigenvalue weighted by Gasteiger charge is -2.28. The minimum Gasteiger partial charge on any atom is -0.508 e. The van der Waals surface area contributed by atoms with Gasteiger partial charge in [-0.1, -0.05) is 61.5 Å². The topological polar surface area (TPSA) is 35.8 Å². The summed E-state index contributed by atoms with van der Waals surface area (Å²) in [5.41, 5.74) is 1.48. The molecule has 3 aromatic carbocycles. The normalized spacial score (nSPS) is 12.3. The van der Waals surface area contributed by atoms with Crippen LogP contribution in [0.1, 0.15) is 30.5 Å². The van der Waals surface area contributed by atoms with Crippen molar-refractivity contribution in [1.82, 2.24) is 4.90 Å². The first-order valence-corrected chi connectivity index (χ1v) is 11.4. The molecular weight excluding hydrogens is 445 g/mol. The Hall–Kier alpha value is -2.93. The van der Waals surface area contributed by atoms with E-state index in [4.69, 9.17) is 0 Å². The van der Waals surface area contributed by atoms with Gasteiger partial charge in [-0.25, -0.2) is 4.99 Å². The molecule has 3 rings (SSSR count). The van der Waals surface area contributed by atoms with E-state index in [1.807, 2.05) is 42.2 Å². The Labute approximate surface area is 197 Å². The highest BCUT2D eigenvalue weighted by atomic mass is 32.2. The molecular formula is C26H27F3N2OS. The van der Waals surface area contributed by atoms with Crippen LogP contribution in [0.4, 0.5) is 18.9 Å². The second-order valence-electron chi connectivity index (χ2n) is 8.31. The van der Waals surface area contributed by atoms with E-state index in [9.17, 15) is 18.3 Å². The van der Waals surface area contributed by atoms with E-state index in [1.54, 1.807) is 24.3 Å². The second-order valence-corrected chi connectivity index (χ2v) is 9.35. The monoisotopic (exact) mass is 472 g/mol. The molecule has 0 radical (unpaired) electrons. The van der Waals surface area contributed by atoms with Crippen LogP contribution in [-0.4, -0.2) is 21.7 Å². The standard InChI is InChI=1S/C26H27F3N2OS/c1-18(2)16-31(17-20-8-5-11-23(32)14-20)25(33-24-12-4-7-19(3)13-24)30-22-10-6-9-21(15-22)26(27,28)29/h4-15,18,32H,16-17H2,1-3H3. The number of hydrogen-bond acceptors (Lipinski definition) is 3. The summed E-state index contributed by atoms with van der Waals surface area (Å²) in [5.74, 6) is 0.451. The number of alkyl halides is 3. The van der Waals surface area contributed by atoms with Crippen LogP contribution in [-0.2, 0) is 12.7 Å². The van der Waals surface area contributed by atoms with Gasteiger partial charge in [-0.2, -0.15) is 13.2 Å². The Bertz CT molecular complexity index is 1110. The first-order valence-electron chi connectivity index (χ1n) is 10.6. The average molecular weight is 473 g/mol. The number of rotatable bonds is 6. The van der Waals surface area contributed by atoms with E-state index in [0.717, 1.165) is 28.2 Å². The van der Waals surface area contributed by atoms with Gasteiger partial charge in [0.15, 0.2) is 5.17 Å². The lowest BCUT2D eigenvalue weighted by molar-refractivity contribution is -0.137. The van der Waals surface area contributed by atoms with Gasteiger partial charge in [0.05, 0.1) is 11.3 Å². The van der Waals surface area contributed by atoms with Gasteiger partial charge in [0.25, 0.3) is 0 Å². The molecule has 3 aromatic rings. The number of halogens is 3. The van der Waals surface area contributed by atoms with E-state index in [1.165, 1.54) is 17.8 Å². The van der Waals surface area contributed by atoms with Crippen LogP contribution in [0, 0.1) is 12.8 Å².